The molecule has 1 aromatic carbocycles. The highest BCUT2D eigenvalue weighted by Crippen LogP contribution is 2.22. The summed E-state index contributed by atoms with van der Waals surface area (Å²) in [5, 5.41) is 8.67. The number of nitrogens with one attached hydrogen (secondary N) is 1. The molecule has 7 heteroatoms. The van der Waals surface area contributed by atoms with Gasteiger partial charge in [0.25, 0.3) is 0 Å². The first-order valence-electron chi connectivity index (χ1n) is 4.55. The standard InChI is InChI=1S/C10H9ClN2O3S/c1-7(14)6-13-17(15,16)10-4-8(5-12)2-3-9(10)11/h2-4,13H,6H2,1H3. The van der Waals surface area contributed by atoms with Crippen molar-refractivity contribution in [1.29, 1.82) is 5.26 Å². The third kappa shape index (κ3) is 3.53. The van der Waals surface area contributed by atoms with Gasteiger partial charge in [0.15, 0.2) is 0 Å². The highest BCUT2D eigenvalue weighted by molar-refractivity contribution is 7.89. The van der Waals surface area contributed by atoms with Crippen LogP contribution in [-0.4, -0.2) is 20.7 Å². The molecule has 1 rings (SSSR count). The molecule has 0 spiro atoms. The number of carbonyl (C=O) groups excluding carboxylic acids is 1. The molecule has 0 saturated heterocycles. The topological polar surface area (TPSA) is 87.0 Å². The Balaban J connectivity index is 3.15. The van der Waals surface area contributed by atoms with E-state index in [1.54, 1.807) is 0 Å². The number of Topliss-reactive ketones (excluding diaryl/α,β-unsaturated/α-hetero) is 1. The lowest BCUT2D eigenvalue weighted by atomic mass is 10.2. The number of sulfonamides is 1. The number of ketones is 1. The third-order valence-corrected chi connectivity index (χ3v) is 3.74. The molecule has 0 aromatic heterocycles. The molecule has 0 aliphatic rings. The van der Waals surface area contributed by atoms with E-state index in [-0.39, 0.29) is 27.8 Å². The molecule has 0 heterocycles. The van der Waals surface area contributed by atoms with Crippen molar-refractivity contribution < 1.29 is 13.2 Å². The Labute approximate surface area is 104 Å². The van der Waals surface area contributed by atoms with Crippen LogP contribution in [0.1, 0.15) is 12.5 Å². The number of carbonyl (C=O) groups is 1. The molecule has 0 aliphatic heterocycles. The van der Waals surface area contributed by atoms with Crippen LogP contribution >= 0.6 is 11.6 Å². The molecule has 0 saturated carbocycles. The van der Waals surface area contributed by atoms with Crippen LogP contribution in [0.4, 0.5) is 0 Å². The zero-order valence-electron chi connectivity index (χ0n) is 8.90. The number of hydrogen-bond acceptors (Lipinski definition) is 4. The summed E-state index contributed by atoms with van der Waals surface area (Å²) >= 11 is 5.74. The Morgan fingerprint density at radius 3 is 2.71 bits per heavy atom. The lowest BCUT2D eigenvalue weighted by Crippen LogP contribution is -2.28. The van der Waals surface area contributed by atoms with Crippen molar-refractivity contribution in [3.8, 4) is 6.07 Å². The first-order valence-corrected chi connectivity index (χ1v) is 6.41. The predicted octanol–water partition coefficient (Wildman–Crippen LogP) is 1.08. The average Bonchev–Trinajstić information content (AvgIpc) is 2.27. The molecule has 0 amide bonds. The van der Waals surface area contributed by atoms with E-state index in [9.17, 15) is 13.2 Å². The molecule has 0 unspecified atom stereocenters. The minimum Gasteiger partial charge on any atom is -0.299 e. The summed E-state index contributed by atoms with van der Waals surface area (Å²) < 4.78 is 25.6. The first-order chi connectivity index (χ1) is 7.86. The molecule has 1 aromatic rings. The first kappa shape index (κ1) is 13.6. The van der Waals surface area contributed by atoms with Gasteiger partial charge in [0.1, 0.15) is 10.7 Å². The average molecular weight is 273 g/mol. The van der Waals surface area contributed by atoms with Gasteiger partial charge in [0.2, 0.25) is 10.0 Å². The normalized spacial score (nSPS) is 10.9. The molecule has 5 nitrogen and oxygen atoms in total. The second-order valence-electron chi connectivity index (χ2n) is 3.28. The Morgan fingerprint density at radius 1 is 1.53 bits per heavy atom. The SMILES string of the molecule is CC(=O)CNS(=O)(=O)c1cc(C#N)ccc1Cl. The number of nitrogens with zero attached hydrogens (tertiary/aromatic N) is 1. The van der Waals surface area contributed by atoms with Gasteiger partial charge in [-0.1, -0.05) is 11.6 Å². The molecular weight excluding hydrogens is 264 g/mol. The zero-order valence-corrected chi connectivity index (χ0v) is 10.5. The molecule has 0 atom stereocenters. The Morgan fingerprint density at radius 2 is 2.18 bits per heavy atom. The highest BCUT2D eigenvalue weighted by atomic mass is 35.5. The lowest BCUT2D eigenvalue weighted by Gasteiger charge is -2.07. The second kappa shape index (κ2) is 5.27. The van der Waals surface area contributed by atoms with Crippen molar-refractivity contribution in [2.45, 2.75) is 11.8 Å². The van der Waals surface area contributed by atoms with Gasteiger partial charge >= 0.3 is 0 Å². The summed E-state index contributed by atoms with van der Waals surface area (Å²) in [7, 11) is -3.87. The van der Waals surface area contributed by atoms with Crippen LogP contribution in [0.15, 0.2) is 23.1 Å². The van der Waals surface area contributed by atoms with E-state index in [0.717, 1.165) is 6.07 Å². The van der Waals surface area contributed by atoms with Crippen molar-refractivity contribution in [1.82, 2.24) is 4.72 Å². The van der Waals surface area contributed by atoms with E-state index < -0.39 is 10.0 Å². The fourth-order valence-electron chi connectivity index (χ4n) is 1.05. The van der Waals surface area contributed by atoms with E-state index in [4.69, 9.17) is 16.9 Å². The molecular formula is C10H9ClN2O3S. The summed E-state index contributed by atoms with van der Waals surface area (Å²) in [5.74, 6) is -0.318. The molecule has 0 fully saturated rings. The maximum absolute atomic E-state index is 11.8. The number of hydrogen-bond donors (Lipinski definition) is 1. The van der Waals surface area contributed by atoms with Crippen LogP contribution in [0.5, 0.6) is 0 Å². The van der Waals surface area contributed by atoms with Crippen LogP contribution in [0.3, 0.4) is 0 Å². The van der Waals surface area contributed by atoms with Crippen molar-refractivity contribution in [3.05, 3.63) is 28.8 Å². The van der Waals surface area contributed by atoms with Gasteiger partial charge in [-0.15, -0.1) is 0 Å². The summed E-state index contributed by atoms with van der Waals surface area (Å²) in [6.45, 7) is 0.950. The van der Waals surface area contributed by atoms with Crippen LogP contribution in [0.25, 0.3) is 0 Å². The fourth-order valence-corrected chi connectivity index (χ4v) is 2.63. The minimum atomic E-state index is -3.87. The molecule has 0 aliphatic carbocycles. The van der Waals surface area contributed by atoms with E-state index in [2.05, 4.69) is 4.72 Å². The van der Waals surface area contributed by atoms with Gasteiger partial charge in [-0.2, -0.15) is 5.26 Å². The van der Waals surface area contributed by atoms with Gasteiger partial charge in [-0.25, -0.2) is 13.1 Å². The molecule has 0 radical (unpaired) electrons. The summed E-state index contributed by atoms with van der Waals surface area (Å²) in [4.78, 5) is 10.5. The third-order valence-electron chi connectivity index (χ3n) is 1.86. The van der Waals surface area contributed by atoms with Gasteiger partial charge < -0.3 is 0 Å². The molecule has 1 N–H and O–H groups in total. The van der Waals surface area contributed by atoms with Gasteiger partial charge in [-0.05, 0) is 25.1 Å². The Hall–Kier alpha value is -1.42. The van der Waals surface area contributed by atoms with Gasteiger partial charge in [0, 0.05) is 0 Å². The quantitative estimate of drug-likeness (QED) is 0.888. The van der Waals surface area contributed by atoms with Crippen LogP contribution in [-0.2, 0) is 14.8 Å². The zero-order chi connectivity index (χ0) is 13.1. The van der Waals surface area contributed by atoms with Gasteiger partial charge in [0.05, 0.1) is 23.2 Å². The molecule has 17 heavy (non-hydrogen) atoms. The molecule has 0 bridgehead atoms. The number of rotatable bonds is 4. The van der Waals surface area contributed by atoms with Crippen LogP contribution in [0.2, 0.25) is 5.02 Å². The van der Waals surface area contributed by atoms with E-state index in [1.807, 2.05) is 6.07 Å². The van der Waals surface area contributed by atoms with Crippen molar-refractivity contribution in [2.24, 2.45) is 0 Å². The Bertz CT molecular complexity index is 590. The summed E-state index contributed by atoms with van der Waals surface area (Å²) in [6.07, 6.45) is 0. The summed E-state index contributed by atoms with van der Waals surface area (Å²) in [6, 6.07) is 5.70. The predicted molar refractivity (Wildman–Crippen MR) is 62.0 cm³/mol. The number of benzene rings is 1. The second-order valence-corrected chi connectivity index (χ2v) is 5.43. The van der Waals surface area contributed by atoms with E-state index >= 15 is 0 Å². The number of halogens is 1. The maximum atomic E-state index is 11.8. The summed E-state index contributed by atoms with van der Waals surface area (Å²) in [5.41, 5.74) is 0.178. The van der Waals surface area contributed by atoms with Crippen LogP contribution < -0.4 is 4.72 Å². The van der Waals surface area contributed by atoms with Gasteiger partial charge in [-0.3, -0.25) is 4.79 Å². The fraction of sp³-hybridized carbons (Fsp3) is 0.200. The highest BCUT2D eigenvalue weighted by Gasteiger charge is 2.18. The molecule has 90 valence electrons. The Kier molecular flexibility index (Phi) is 4.23. The van der Waals surface area contributed by atoms with E-state index in [1.165, 1.54) is 19.1 Å². The smallest absolute Gasteiger partial charge is 0.242 e. The maximum Gasteiger partial charge on any atom is 0.242 e. The monoisotopic (exact) mass is 272 g/mol. The largest absolute Gasteiger partial charge is 0.299 e. The van der Waals surface area contributed by atoms with Crippen molar-refractivity contribution in [3.63, 3.8) is 0 Å². The minimum absolute atomic E-state index is 0.0000482. The van der Waals surface area contributed by atoms with E-state index in [0.29, 0.717) is 0 Å². The lowest BCUT2D eigenvalue weighted by molar-refractivity contribution is -0.115. The number of nitriles is 1. The van der Waals surface area contributed by atoms with Crippen LogP contribution in [0, 0.1) is 11.3 Å². The van der Waals surface area contributed by atoms with Crippen molar-refractivity contribution in [2.75, 3.05) is 6.54 Å². The van der Waals surface area contributed by atoms with Crippen molar-refractivity contribution >= 4 is 27.4 Å².